The maximum atomic E-state index is 13.7. The number of carbonyl (C=O) groups excluding carboxylic acids is 2. The van der Waals surface area contributed by atoms with Crippen LogP contribution < -0.4 is 16.0 Å². The Morgan fingerprint density at radius 3 is 2.67 bits per heavy atom. The van der Waals surface area contributed by atoms with E-state index in [2.05, 4.69) is 34.7 Å². The third kappa shape index (κ3) is 7.15. The van der Waals surface area contributed by atoms with E-state index in [4.69, 9.17) is 13.0 Å². The number of benzene rings is 1. The van der Waals surface area contributed by atoms with Gasteiger partial charge in [-0.25, -0.2) is 0 Å². The van der Waals surface area contributed by atoms with Gasteiger partial charge in [0.1, 0.15) is 0 Å². The number of carbonyl (C=O) groups is 2. The molecule has 7 nitrogen and oxygen atoms in total. The second-order valence-electron chi connectivity index (χ2n) is 9.74. The summed E-state index contributed by atoms with van der Waals surface area (Å²) < 4.78 is 8.64. The predicted octanol–water partition coefficient (Wildman–Crippen LogP) is 1.90. The van der Waals surface area contributed by atoms with Crippen molar-refractivity contribution in [2.45, 2.75) is 63.7 Å². The number of hydrogen-bond donors (Lipinski definition) is 3. The Hall–Kier alpha value is -1.67. The molecule has 2 heterocycles. The lowest BCUT2D eigenvalue weighted by Gasteiger charge is -2.30. The lowest BCUT2D eigenvalue weighted by Crippen LogP contribution is -2.52. The topological polar surface area (TPSA) is 76.7 Å². The lowest BCUT2D eigenvalue weighted by atomic mass is 10.0. The number of rotatable bonds is 10. The van der Waals surface area contributed by atoms with Crippen molar-refractivity contribution in [3.8, 4) is 0 Å². The van der Waals surface area contributed by atoms with Crippen LogP contribution in [0.5, 0.6) is 0 Å². The Morgan fingerprint density at radius 2 is 2.06 bits per heavy atom. The number of likely N-dealkylation sites (N-methyl/N-ethyl adjacent to an activating group) is 2. The van der Waals surface area contributed by atoms with Gasteiger partial charge >= 0.3 is 0 Å². The molecule has 5 atom stereocenters. The highest BCUT2D eigenvalue weighted by Gasteiger charge is 2.40. The average molecular weight is 479 g/mol. The van der Waals surface area contributed by atoms with E-state index in [0.29, 0.717) is 30.3 Å². The van der Waals surface area contributed by atoms with Gasteiger partial charge in [0.25, 0.3) is 0 Å². The van der Waals surface area contributed by atoms with E-state index in [1.54, 1.807) is 11.9 Å². The SMILES string of the molecule is [2H]C(N[C@@H](Cc1ccc(Cl)cc1)C(=O)N(C)[C@H]1C[C@@H](C(=O)NC)N(CC(C)C)C1)[C@H]1CCCN1. The van der Waals surface area contributed by atoms with Gasteiger partial charge in [0, 0.05) is 52.2 Å². The van der Waals surface area contributed by atoms with Crippen LogP contribution in [0, 0.1) is 5.92 Å². The number of amides is 2. The highest BCUT2D eigenvalue weighted by molar-refractivity contribution is 6.30. The molecule has 2 aliphatic rings. The fraction of sp³-hybridized carbons (Fsp3) is 0.680. The summed E-state index contributed by atoms with van der Waals surface area (Å²) in [6.07, 6.45) is 3.06. The van der Waals surface area contributed by atoms with E-state index >= 15 is 0 Å². The van der Waals surface area contributed by atoms with Crippen molar-refractivity contribution in [3.63, 3.8) is 0 Å². The molecule has 0 saturated carbocycles. The third-order valence-corrected chi connectivity index (χ3v) is 6.93. The Morgan fingerprint density at radius 1 is 1.33 bits per heavy atom. The van der Waals surface area contributed by atoms with Crippen LogP contribution in [0.2, 0.25) is 5.02 Å². The van der Waals surface area contributed by atoms with E-state index in [1.807, 2.05) is 31.3 Å². The maximum absolute atomic E-state index is 13.7. The molecule has 1 aromatic carbocycles. The molecule has 3 rings (SSSR count). The minimum atomic E-state index is -0.572. The molecule has 0 aromatic heterocycles. The molecule has 2 amide bonds. The summed E-state index contributed by atoms with van der Waals surface area (Å²) in [6.45, 7) is 6.09. The Bertz CT molecular complexity index is 818. The minimum absolute atomic E-state index is 0.00151. The van der Waals surface area contributed by atoms with Crippen LogP contribution in [0.15, 0.2) is 24.3 Å². The number of halogens is 1. The number of hydrogen-bond acceptors (Lipinski definition) is 5. The fourth-order valence-corrected chi connectivity index (χ4v) is 4.98. The van der Waals surface area contributed by atoms with E-state index in [-0.39, 0.29) is 29.9 Å². The van der Waals surface area contributed by atoms with E-state index in [0.717, 1.165) is 31.5 Å². The molecular weight excluding hydrogens is 438 g/mol. The quantitative estimate of drug-likeness (QED) is 0.479. The van der Waals surface area contributed by atoms with Gasteiger partial charge in [-0.15, -0.1) is 0 Å². The van der Waals surface area contributed by atoms with Gasteiger partial charge in [-0.2, -0.15) is 0 Å². The van der Waals surface area contributed by atoms with Gasteiger partial charge in [0.15, 0.2) is 0 Å². The molecule has 2 aliphatic heterocycles. The summed E-state index contributed by atoms with van der Waals surface area (Å²) >= 11 is 6.05. The molecule has 1 aromatic rings. The molecule has 0 spiro atoms. The number of nitrogens with zero attached hydrogens (tertiary/aromatic N) is 2. The Balaban J connectivity index is 1.75. The summed E-state index contributed by atoms with van der Waals surface area (Å²) in [5.74, 6) is 0.379. The van der Waals surface area contributed by atoms with Crippen LogP contribution in [0.1, 0.15) is 40.0 Å². The summed E-state index contributed by atoms with van der Waals surface area (Å²) in [5, 5.41) is 10.1. The van der Waals surface area contributed by atoms with Crippen molar-refractivity contribution in [1.82, 2.24) is 25.8 Å². The zero-order chi connectivity index (χ0) is 24.8. The molecule has 3 N–H and O–H groups in total. The average Bonchev–Trinajstić information content (AvgIpc) is 3.49. The third-order valence-electron chi connectivity index (χ3n) is 6.67. The number of likely N-dealkylation sites (tertiary alicyclic amines) is 1. The summed E-state index contributed by atoms with van der Waals surface area (Å²) in [4.78, 5) is 30.2. The molecule has 2 saturated heterocycles. The van der Waals surface area contributed by atoms with Crippen molar-refractivity contribution in [3.05, 3.63) is 34.9 Å². The maximum Gasteiger partial charge on any atom is 0.240 e. The van der Waals surface area contributed by atoms with Crippen molar-refractivity contribution in [1.29, 1.82) is 0 Å². The molecule has 0 radical (unpaired) electrons. The van der Waals surface area contributed by atoms with Gasteiger partial charge in [-0.05, 0) is 55.8 Å². The van der Waals surface area contributed by atoms with Crippen LogP contribution in [0.3, 0.4) is 0 Å². The van der Waals surface area contributed by atoms with Crippen LogP contribution in [0.4, 0.5) is 0 Å². The standard InChI is InChI=1S/C25H40ClN5O2/c1-17(2)15-31-16-21(13-23(31)24(32)27-3)30(4)25(33)22(29-14-20-6-5-11-28-20)12-18-7-9-19(26)10-8-18/h7-10,17,20-23,28-29H,5-6,11-16H2,1-4H3,(H,27,32)/t20-,21+,22+,23+/m1/s1/i14D/t14?,20-,21+,22+,23+. The first kappa shape index (κ1) is 24.5. The summed E-state index contributed by atoms with van der Waals surface area (Å²) in [6, 6.07) is 6.72. The Kier molecular flexibility index (Phi) is 9.01. The number of nitrogens with one attached hydrogen (secondary N) is 3. The lowest BCUT2D eigenvalue weighted by molar-refractivity contribution is -0.134. The summed E-state index contributed by atoms with van der Waals surface area (Å²) in [7, 11) is 3.49. The van der Waals surface area contributed by atoms with Gasteiger partial charge in [0.2, 0.25) is 11.8 Å². The largest absolute Gasteiger partial charge is 0.358 e. The van der Waals surface area contributed by atoms with E-state index in [9.17, 15) is 9.59 Å². The zero-order valence-corrected chi connectivity index (χ0v) is 21.1. The molecule has 33 heavy (non-hydrogen) atoms. The van der Waals surface area contributed by atoms with Crippen molar-refractivity contribution in [2.75, 3.05) is 40.3 Å². The molecule has 0 bridgehead atoms. The van der Waals surface area contributed by atoms with Crippen LogP contribution in [-0.4, -0.2) is 86.0 Å². The Labute approximate surface area is 205 Å². The second kappa shape index (κ2) is 12.2. The van der Waals surface area contributed by atoms with E-state index < -0.39 is 12.6 Å². The fourth-order valence-electron chi connectivity index (χ4n) is 4.86. The van der Waals surface area contributed by atoms with Crippen molar-refractivity contribution < 1.29 is 11.0 Å². The highest BCUT2D eigenvalue weighted by atomic mass is 35.5. The first-order valence-electron chi connectivity index (χ1n) is 12.7. The van der Waals surface area contributed by atoms with Crippen molar-refractivity contribution >= 4 is 23.4 Å². The van der Waals surface area contributed by atoms with Crippen LogP contribution >= 0.6 is 11.6 Å². The minimum Gasteiger partial charge on any atom is -0.358 e. The zero-order valence-electron chi connectivity index (χ0n) is 21.3. The van der Waals surface area contributed by atoms with Crippen molar-refractivity contribution in [2.24, 2.45) is 5.92 Å². The smallest absolute Gasteiger partial charge is 0.240 e. The normalized spacial score (nSPS) is 25.6. The monoisotopic (exact) mass is 478 g/mol. The molecule has 2 fully saturated rings. The first-order valence-corrected chi connectivity index (χ1v) is 12.5. The van der Waals surface area contributed by atoms with Gasteiger partial charge in [-0.3, -0.25) is 14.5 Å². The van der Waals surface area contributed by atoms with Gasteiger partial charge < -0.3 is 20.9 Å². The summed E-state index contributed by atoms with van der Waals surface area (Å²) in [5.41, 5.74) is 0.992. The van der Waals surface area contributed by atoms with E-state index in [1.165, 1.54) is 0 Å². The first-order chi connectivity index (χ1) is 16.2. The molecule has 184 valence electrons. The molecule has 8 heteroatoms. The molecular formula is C25H40ClN5O2. The van der Waals surface area contributed by atoms with Crippen LogP contribution in [-0.2, 0) is 16.0 Å². The molecule has 0 aliphatic carbocycles. The molecule has 1 unspecified atom stereocenters. The predicted molar refractivity (Wildman–Crippen MR) is 133 cm³/mol. The van der Waals surface area contributed by atoms with Gasteiger partial charge in [-0.1, -0.05) is 37.6 Å². The van der Waals surface area contributed by atoms with Gasteiger partial charge in [0.05, 0.1) is 12.1 Å². The van der Waals surface area contributed by atoms with Crippen LogP contribution in [0.25, 0.3) is 0 Å². The second-order valence-corrected chi connectivity index (χ2v) is 10.2. The highest BCUT2D eigenvalue weighted by Crippen LogP contribution is 2.24.